The molecule has 5 atom stereocenters. The summed E-state index contributed by atoms with van der Waals surface area (Å²) in [5.74, 6) is 0.121. The number of carbonyl (C=O) groups is 1. The number of nitrogens with zero attached hydrogens (tertiary/aromatic N) is 9. The Labute approximate surface area is 370 Å². The fraction of sp³-hybridized carbons (Fsp3) is 0.651. The first kappa shape index (κ1) is 47.0. The van der Waals surface area contributed by atoms with Crippen LogP contribution >= 0.6 is 7.14 Å². The summed E-state index contributed by atoms with van der Waals surface area (Å²) in [4.78, 5) is 27.0. The van der Waals surface area contributed by atoms with E-state index in [2.05, 4.69) is 35.1 Å². The minimum Gasteiger partial charge on any atom is -0.443 e. The van der Waals surface area contributed by atoms with Gasteiger partial charge in [-0.25, -0.2) is 19.4 Å². The Morgan fingerprint density at radius 3 is 2.44 bits per heavy atom. The molecule has 344 valence electrons. The van der Waals surface area contributed by atoms with Crippen molar-refractivity contribution in [1.29, 1.82) is 0 Å². The molecule has 63 heavy (non-hydrogen) atoms. The van der Waals surface area contributed by atoms with Crippen molar-refractivity contribution in [2.24, 2.45) is 0 Å². The van der Waals surface area contributed by atoms with Gasteiger partial charge in [-0.15, -0.1) is 15.0 Å². The van der Waals surface area contributed by atoms with Crippen molar-refractivity contribution in [3.63, 3.8) is 0 Å². The molecule has 5 heterocycles. The van der Waals surface area contributed by atoms with Crippen LogP contribution in [0.2, 0.25) is 25.7 Å². The van der Waals surface area contributed by atoms with Crippen molar-refractivity contribution >= 4 is 50.3 Å². The maximum atomic E-state index is 14.3. The monoisotopic (exact) mass is 909 g/mol. The lowest BCUT2D eigenvalue weighted by molar-refractivity contribution is -0.206. The van der Waals surface area contributed by atoms with E-state index in [0.717, 1.165) is 30.9 Å². The molecule has 0 N–H and O–H groups in total. The highest BCUT2D eigenvalue weighted by atomic mass is 31.2. The zero-order valence-electron chi connectivity index (χ0n) is 38.5. The highest BCUT2D eigenvalue weighted by Gasteiger charge is 2.58. The number of hydrogen-bond donors (Lipinski definition) is 0. The average Bonchev–Trinajstić information content (AvgIpc) is 3.94. The molecule has 1 unspecified atom stereocenters. The first-order valence-corrected chi connectivity index (χ1v) is 28.0. The molecule has 1 aromatic carbocycles. The second kappa shape index (κ2) is 18.5. The van der Waals surface area contributed by atoms with Crippen LogP contribution in [0.25, 0.3) is 23.2 Å². The number of ether oxygens (including phenoxy) is 7. The van der Waals surface area contributed by atoms with Crippen molar-refractivity contribution in [1.82, 2.24) is 40.0 Å². The number of tetrazole rings is 1. The van der Waals surface area contributed by atoms with Gasteiger partial charge in [0.2, 0.25) is 0 Å². The molecular formula is C43H64N9O9PSi. The van der Waals surface area contributed by atoms with Crippen LogP contribution < -0.4 is 4.90 Å². The van der Waals surface area contributed by atoms with Crippen molar-refractivity contribution in [2.45, 2.75) is 140 Å². The highest BCUT2D eigenvalue weighted by molar-refractivity contribution is 7.63. The SMILES string of the molecule is COCC(Cc1nnn(COCC[Si](C)(C)C)n1)(OC[C@H]1O[C@@H](n2ncc3c(N(C(=O)OC(C)(C)C)C4CCC4)nc(/C=C/c4ccccc4)nc32)[C@@H]2OC(C)(C)O[C@@H]21)P(C)(C)=O. The Balaban J connectivity index is 1.20. The third-order valence-electron chi connectivity index (χ3n) is 11.3. The van der Waals surface area contributed by atoms with Gasteiger partial charge in [-0.3, -0.25) is 4.90 Å². The largest absolute Gasteiger partial charge is 0.443 e. The summed E-state index contributed by atoms with van der Waals surface area (Å²) in [6.45, 7) is 20.1. The lowest BCUT2D eigenvalue weighted by Crippen LogP contribution is -2.47. The molecule has 3 fully saturated rings. The summed E-state index contributed by atoms with van der Waals surface area (Å²) >= 11 is 0. The fourth-order valence-corrected chi connectivity index (χ4v) is 9.85. The summed E-state index contributed by atoms with van der Waals surface area (Å²) in [5.41, 5.74) is 0.652. The molecular weight excluding hydrogens is 846 g/mol. The Kier molecular flexibility index (Phi) is 13.8. The van der Waals surface area contributed by atoms with E-state index in [4.69, 9.17) is 48.2 Å². The maximum Gasteiger partial charge on any atom is 0.416 e. The normalized spacial score (nSPS) is 22.7. The van der Waals surface area contributed by atoms with Crippen LogP contribution in [0.4, 0.5) is 10.6 Å². The van der Waals surface area contributed by atoms with Gasteiger partial charge in [0, 0.05) is 34.3 Å². The van der Waals surface area contributed by atoms with E-state index in [1.807, 2.05) is 77.1 Å². The van der Waals surface area contributed by atoms with Gasteiger partial charge in [-0.05, 0) is 90.1 Å². The molecule has 0 spiro atoms. The minimum atomic E-state index is -3.11. The van der Waals surface area contributed by atoms with Crippen LogP contribution in [0.1, 0.15) is 77.3 Å². The van der Waals surface area contributed by atoms with Gasteiger partial charge in [0.05, 0.1) is 24.8 Å². The van der Waals surface area contributed by atoms with Crippen LogP contribution in [0.5, 0.6) is 0 Å². The fourth-order valence-electron chi connectivity index (χ4n) is 7.74. The van der Waals surface area contributed by atoms with Crippen LogP contribution in [0.15, 0.2) is 36.5 Å². The second-order valence-corrected chi connectivity index (χ2v) is 28.8. The summed E-state index contributed by atoms with van der Waals surface area (Å²) < 4.78 is 60.0. The number of methoxy groups -OCH3 is 1. The Bertz CT molecular complexity index is 2290. The molecule has 18 nitrogen and oxygen atoms in total. The second-order valence-electron chi connectivity index (χ2n) is 19.7. The quantitative estimate of drug-likeness (QED) is 0.0552. The third kappa shape index (κ3) is 11.1. The zero-order valence-corrected chi connectivity index (χ0v) is 40.4. The molecule has 1 amide bonds. The highest BCUT2D eigenvalue weighted by Crippen LogP contribution is 2.55. The zero-order chi connectivity index (χ0) is 45.4. The Morgan fingerprint density at radius 2 is 1.79 bits per heavy atom. The molecule has 0 bridgehead atoms. The third-order valence-corrected chi connectivity index (χ3v) is 15.4. The number of fused-ring (bicyclic) bond motifs is 2. The molecule has 2 aliphatic heterocycles. The van der Waals surface area contributed by atoms with Gasteiger partial charge >= 0.3 is 6.09 Å². The number of carbonyl (C=O) groups excluding carboxylic acids is 1. The van der Waals surface area contributed by atoms with Gasteiger partial charge in [-0.2, -0.15) is 5.10 Å². The van der Waals surface area contributed by atoms with E-state index in [9.17, 15) is 9.36 Å². The first-order chi connectivity index (χ1) is 29.6. The lowest BCUT2D eigenvalue weighted by atomic mass is 9.91. The number of anilines is 1. The van der Waals surface area contributed by atoms with E-state index < -0.39 is 62.6 Å². The minimum absolute atomic E-state index is 0.0104. The van der Waals surface area contributed by atoms with Crippen molar-refractivity contribution in [2.75, 3.05) is 45.2 Å². The van der Waals surface area contributed by atoms with Crippen LogP contribution in [-0.4, -0.2) is 135 Å². The van der Waals surface area contributed by atoms with E-state index >= 15 is 0 Å². The average molecular weight is 910 g/mol. The van der Waals surface area contributed by atoms with Gasteiger partial charge in [-0.1, -0.05) is 56.0 Å². The summed E-state index contributed by atoms with van der Waals surface area (Å²) in [6.07, 6.45) is 4.73. The van der Waals surface area contributed by atoms with E-state index in [0.29, 0.717) is 35.1 Å². The molecule has 3 aliphatic rings. The Hall–Kier alpha value is -3.94. The van der Waals surface area contributed by atoms with Gasteiger partial charge in [0.25, 0.3) is 0 Å². The molecule has 1 saturated carbocycles. The lowest BCUT2D eigenvalue weighted by Gasteiger charge is -2.37. The number of amides is 1. The van der Waals surface area contributed by atoms with Gasteiger partial charge < -0.3 is 37.7 Å². The van der Waals surface area contributed by atoms with E-state index in [1.54, 1.807) is 29.1 Å². The van der Waals surface area contributed by atoms with E-state index in [-0.39, 0.29) is 32.4 Å². The van der Waals surface area contributed by atoms with Crippen LogP contribution in [-0.2, 0) is 50.9 Å². The summed E-state index contributed by atoms with van der Waals surface area (Å²) in [5, 5.41) is 17.1. The number of hydrogen-bond acceptors (Lipinski definition) is 15. The molecule has 2 saturated heterocycles. The van der Waals surface area contributed by atoms with Crippen molar-refractivity contribution in [3.05, 3.63) is 53.7 Å². The summed E-state index contributed by atoms with van der Waals surface area (Å²) in [6, 6.07) is 10.7. The number of rotatable bonds is 18. The summed E-state index contributed by atoms with van der Waals surface area (Å²) in [7, 11) is -2.84. The molecule has 20 heteroatoms. The molecule has 7 rings (SSSR count). The molecule has 1 aliphatic carbocycles. The number of benzene rings is 1. The molecule has 4 aromatic rings. The van der Waals surface area contributed by atoms with Crippen LogP contribution in [0, 0.1) is 0 Å². The van der Waals surface area contributed by atoms with E-state index in [1.165, 1.54) is 11.9 Å². The van der Waals surface area contributed by atoms with Crippen molar-refractivity contribution < 1.29 is 42.5 Å². The van der Waals surface area contributed by atoms with Gasteiger partial charge in [0.1, 0.15) is 31.1 Å². The van der Waals surface area contributed by atoms with Crippen LogP contribution in [0.3, 0.4) is 0 Å². The first-order valence-electron chi connectivity index (χ1n) is 21.7. The Morgan fingerprint density at radius 1 is 1.06 bits per heavy atom. The molecule has 0 radical (unpaired) electrons. The van der Waals surface area contributed by atoms with Crippen molar-refractivity contribution in [3.8, 4) is 0 Å². The predicted molar refractivity (Wildman–Crippen MR) is 240 cm³/mol. The maximum absolute atomic E-state index is 14.3. The van der Waals surface area contributed by atoms with Gasteiger partial charge in [0.15, 0.2) is 47.2 Å². The molecule has 3 aromatic heterocycles. The topological polar surface area (TPSA) is 189 Å². The smallest absolute Gasteiger partial charge is 0.416 e. The predicted octanol–water partition coefficient (Wildman–Crippen LogP) is 7.23. The number of aromatic nitrogens is 8. The standard InChI is InChI=1S/C43H64N9O9PSi/c1-41(2,3)61-40(53)51(30-18-15-19-30)37-31-25-44-52(38(31)46-33(45-37)21-20-29-16-13-12-14-17-29)39-36-35(59-42(4,5)60-36)32(58-39)26-57-43(27-55-6,62(7,8)54)24-34-47-49-50(48-34)28-56-22-23-63(9,10)11/h12-14,16-17,20-21,25,30,32,35-36,39H,15,18-19,22-24,26-28H2,1-11H3/b21-20+/t32-,35-,36-,39-,43?/m1/s1.